The highest BCUT2D eigenvalue weighted by atomic mass is 16.3. The number of aromatic nitrogens is 1. The van der Waals surface area contributed by atoms with Gasteiger partial charge < -0.3 is 15.0 Å². The number of aliphatic hydroxyl groups is 1. The Bertz CT molecular complexity index is 292. The van der Waals surface area contributed by atoms with Gasteiger partial charge in [-0.15, -0.1) is 0 Å². The van der Waals surface area contributed by atoms with Gasteiger partial charge in [0.2, 0.25) is 0 Å². The van der Waals surface area contributed by atoms with Gasteiger partial charge >= 0.3 is 0 Å². The van der Waals surface area contributed by atoms with E-state index in [-0.39, 0.29) is 6.10 Å². The average molecular weight is 224 g/mol. The van der Waals surface area contributed by atoms with E-state index in [0.29, 0.717) is 5.92 Å². The lowest BCUT2D eigenvalue weighted by atomic mass is 10.2. The van der Waals surface area contributed by atoms with Gasteiger partial charge in [0.1, 0.15) is 0 Å². The predicted octanol–water partition coefficient (Wildman–Crippen LogP) is 2.00. The second kappa shape index (κ2) is 6.71. The zero-order chi connectivity index (χ0) is 12.0. The van der Waals surface area contributed by atoms with Gasteiger partial charge in [-0.1, -0.05) is 13.8 Å². The standard InChI is InChI=1S/C13H24N2O/c1-11(2)9-14-10-13-5-4-7-15(13)8-6-12(3)16/h4-5,7,11-12,14,16H,6,8-10H2,1-3H3. The summed E-state index contributed by atoms with van der Waals surface area (Å²) >= 11 is 0. The molecule has 0 amide bonds. The molecule has 1 aromatic heterocycles. The summed E-state index contributed by atoms with van der Waals surface area (Å²) in [6.07, 6.45) is 2.67. The van der Waals surface area contributed by atoms with E-state index in [1.54, 1.807) is 0 Å². The Labute approximate surface area is 98.5 Å². The first-order chi connectivity index (χ1) is 7.59. The summed E-state index contributed by atoms with van der Waals surface area (Å²) in [7, 11) is 0. The van der Waals surface area contributed by atoms with Crippen molar-refractivity contribution in [1.82, 2.24) is 9.88 Å². The molecule has 3 nitrogen and oxygen atoms in total. The lowest BCUT2D eigenvalue weighted by molar-refractivity contribution is 0.177. The lowest BCUT2D eigenvalue weighted by Crippen LogP contribution is -2.21. The van der Waals surface area contributed by atoms with E-state index >= 15 is 0 Å². The van der Waals surface area contributed by atoms with Crippen LogP contribution in [0.3, 0.4) is 0 Å². The highest BCUT2D eigenvalue weighted by molar-refractivity contribution is 5.06. The van der Waals surface area contributed by atoms with Crippen molar-refractivity contribution >= 4 is 0 Å². The number of aryl methyl sites for hydroxylation is 1. The summed E-state index contributed by atoms with van der Waals surface area (Å²) in [5.74, 6) is 0.681. The topological polar surface area (TPSA) is 37.2 Å². The molecule has 1 atom stereocenters. The van der Waals surface area contributed by atoms with Crippen LogP contribution in [-0.2, 0) is 13.1 Å². The summed E-state index contributed by atoms with van der Waals surface area (Å²) < 4.78 is 2.21. The molecule has 92 valence electrons. The van der Waals surface area contributed by atoms with Crippen molar-refractivity contribution in [3.63, 3.8) is 0 Å². The molecule has 16 heavy (non-hydrogen) atoms. The van der Waals surface area contributed by atoms with Crippen molar-refractivity contribution in [3.8, 4) is 0 Å². The van der Waals surface area contributed by atoms with Crippen LogP contribution in [0.4, 0.5) is 0 Å². The normalized spacial score (nSPS) is 13.3. The Morgan fingerprint density at radius 2 is 2.12 bits per heavy atom. The van der Waals surface area contributed by atoms with Crippen LogP contribution >= 0.6 is 0 Å². The molecular formula is C13H24N2O. The van der Waals surface area contributed by atoms with Crippen LogP contribution in [-0.4, -0.2) is 22.3 Å². The third kappa shape index (κ3) is 4.81. The molecule has 1 aromatic rings. The molecule has 0 aliphatic carbocycles. The molecule has 2 N–H and O–H groups in total. The van der Waals surface area contributed by atoms with E-state index in [1.807, 2.05) is 6.92 Å². The monoisotopic (exact) mass is 224 g/mol. The summed E-state index contributed by atoms with van der Waals surface area (Å²) in [5.41, 5.74) is 1.29. The van der Waals surface area contributed by atoms with Crippen molar-refractivity contribution in [3.05, 3.63) is 24.0 Å². The van der Waals surface area contributed by atoms with Crippen LogP contribution in [0, 0.1) is 5.92 Å². The zero-order valence-corrected chi connectivity index (χ0v) is 10.6. The van der Waals surface area contributed by atoms with Gasteiger partial charge in [0.05, 0.1) is 6.10 Å². The van der Waals surface area contributed by atoms with E-state index in [0.717, 1.165) is 26.1 Å². The minimum absolute atomic E-state index is 0.223. The summed E-state index contributed by atoms with van der Waals surface area (Å²) in [6, 6.07) is 4.20. The van der Waals surface area contributed by atoms with E-state index in [4.69, 9.17) is 0 Å². The summed E-state index contributed by atoms with van der Waals surface area (Å²) in [4.78, 5) is 0. The molecule has 1 unspecified atom stereocenters. The highest BCUT2D eigenvalue weighted by Gasteiger charge is 2.02. The predicted molar refractivity (Wildman–Crippen MR) is 67.3 cm³/mol. The fourth-order valence-electron chi connectivity index (χ4n) is 1.64. The molecule has 0 aliphatic heterocycles. The number of aliphatic hydroxyl groups excluding tert-OH is 1. The molecule has 0 saturated heterocycles. The molecule has 1 rings (SSSR count). The minimum Gasteiger partial charge on any atom is -0.393 e. The molecular weight excluding hydrogens is 200 g/mol. The summed E-state index contributed by atoms with van der Waals surface area (Å²) in [5, 5.41) is 12.7. The van der Waals surface area contributed by atoms with Gasteiger partial charge in [-0.05, 0) is 37.9 Å². The maximum Gasteiger partial charge on any atom is 0.0529 e. The van der Waals surface area contributed by atoms with Gasteiger partial charge in [-0.3, -0.25) is 0 Å². The largest absolute Gasteiger partial charge is 0.393 e. The van der Waals surface area contributed by atoms with Gasteiger partial charge in [0.15, 0.2) is 0 Å². The number of hydrogen-bond donors (Lipinski definition) is 2. The number of nitrogens with one attached hydrogen (secondary N) is 1. The van der Waals surface area contributed by atoms with Crippen LogP contribution < -0.4 is 5.32 Å². The molecule has 0 aromatic carbocycles. The van der Waals surface area contributed by atoms with E-state index in [2.05, 4.69) is 42.1 Å². The molecule has 1 heterocycles. The first-order valence-electron chi connectivity index (χ1n) is 6.12. The third-order valence-corrected chi connectivity index (χ3v) is 2.57. The fourth-order valence-corrected chi connectivity index (χ4v) is 1.64. The Hall–Kier alpha value is -0.800. The molecule has 0 spiro atoms. The smallest absolute Gasteiger partial charge is 0.0529 e. The quantitative estimate of drug-likeness (QED) is 0.743. The molecule has 0 radical (unpaired) electrons. The van der Waals surface area contributed by atoms with Crippen molar-refractivity contribution in [2.24, 2.45) is 5.92 Å². The van der Waals surface area contributed by atoms with Crippen molar-refractivity contribution < 1.29 is 5.11 Å². The van der Waals surface area contributed by atoms with Gasteiger partial charge in [-0.25, -0.2) is 0 Å². The van der Waals surface area contributed by atoms with E-state index in [1.165, 1.54) is 5.69 Å². The second-order valence-electron chi connectivity index (χ2n) is 4.86. The maximum absolute atomic E-state index is 9.26. The van der Waals surface area contributed by atoms with Gasteiger partial charge in [0, 0.05) is 25.0 Å². The first-order valence-corrected chi connectivity index (χ1v) is 6.12. The van der Waals surface area contributed by atoms with Crippen LogP contribution in [0.25, 0.3) is 0 Å². The lowest BCUT2D eigenvalue weighted by Gasteiger charge is -2.12. The minimum atomic E-state index is -0.223. The molecule has 0 fully saturated rings. The number of rotatable bonds is 7. The Morgan fingerprint density at radius 1 is 1.38 bits per heavy atom. The Balaban J connectivity index is 2.38. The third-order valence-electron chi connectivity index (χ3n) is 2.57. The Morgan fingerprint density at radius 3 is 2.75 bits per heavy atom. The van der Waals surface area contributed by atoms with Crippen molar-refractivity contribution in [2.45, 2.75) is 46.4 Å². The van der Waals surface area contributed by atoms with Gasteiger partial charge in [0.25, 0.3) is 0 Å². The van der Waals surface area contributed by atoms with Crippen LogP contribution in [0.5, 0.6) is 0 Å². The first kappa shape index (κ1) is 13.3. The van der Waals surface area contributed by atoms with Crippen LogP contribution in [0.1, 0.15) is 32.9 Å². The SMILES string of the molecule is CC(C)CNCc1cccn1CCC(C)O. The maximum atomic E-state index is 9.26. The van der Waals surface area contributed by atoms with Crippen molar-refractivity contribution in [2.75, 3.05) is 6.54 Å². The highest BCUT2D eigenvalue weighted by Crippen LogP contribution is 2.05. The van der Waals surface area contributed by atoms with E-state index < -0.39 is 0 Å². The van der Waals surface area contributed by atoms with E-state index in [9.17, 15) is 5.11 Å². The van der Waals surface area contributed by atoms with Crippen LogP contribution in [0.2, 0.25) is 0 Å². The fraction of sp³-hybridized carbons (Fsp3) is 0.692. The number of hydrogen-bond acceptors (Lipinski definition) is 2. The zero-order valence-electron chi connectivity index (χ0n) is 10.6. The summed E-state index contributed by atoms with van der Waals surface area (Å²) in [6.45, 7) is 9.09. The van der Waals surface area contributed by atoms with Crippen molar-refractivity contribution in [1.29, 1.82) is 0 Å². The molecule has 0 saturated carbocycles. The number of nitrogens with zero attached hydrogens (tertiary/aromatic N) is 1. The van der Waals surface area contributed by atoms with Gasteiger partial charge in [-0.2, -0.15) is 0 Å². The molecule has 0 aliphatic rings. The average Bonchev–Trinajstić information content (AvgIpc) is 2.62. The van der Waals surface area contributed by atoms with Crippen LogP contribution in [0.15, 0.2) is 18.3 Å². The second-order valence-corrected chi connectivity index (χ2v) is 4.86. The Kier molecular flexibility index (Phi) is 5.56. The molecule has 0 bridgehead atoms. The molecule has 3 heteroatoms.